The van der Waals surface area contributed by atoms with Crippen molar-refractivity contribution in [2.75, 3.05) is 4.90 Å². The summed E-state index contributed by atoms with van der Waals surface area (Å²) >= 11 is 3.25. The maximum atomic E-state index is 11.5. The number of imide groups is 1. The third-order valence-corrected chi connectivity index (χ3v) is 2.69. The Morgan fingerprint density at radius 3 is 2.40 bits per heavy atom. The molecule has 2 heterocycles. The van der Waals surface area contributed by atoms with Crippen LogP contribution in [0.2, 0.25) is 0 Å². The molecule has 0 unspecified atom stereocenters. The number of pyridine rings is 1. The fourth-order valence-electron chi connectivity index (χ4n) is 1.51. The summed E-state index contributed by atoms with van der Waals surface area (Å²) in [4.78, 5) is 28.3. The predicted molar refractivity (Wildman–Crippen MR) is 58.3 cm³/mol. The van der Waals surface area contributed by atoms with E-state index in [2.05, 4.69) is 20.9 Å². The highest BCUT2D eigenvalue weighted by molar-refractivity contribution is 9.10. The Balaban J connectivity index is 2.31. The molecule has 1 fully saturated rings. The van der Waals surface area contributed by atoms with Crippen LogP contribution < -0.4 is 4.90 Å². The van der Waals surface area contributed by atoms with Crippen molar-refractivity contribution in [3.63, 3.8) is 0 Å². The van der Waals surface area contributed by atoms with Gasteiger partial charge in [-0.1, -0.05) is 0 Å². The van der Waals surface area contributed by atoms with Crippen molar-refractivity contribution >= 4 is 33.6 Å². The Morgan fingerprint density at radius 1 is 1.20 bits per heavy atom. The van der Waals surface area contributed by atoms with Crippen LogP contribution in [0.1, 0.15) is 19.3 Å². The van der Waals surface area contributed by atoms with Gasteiger partial charge in [0.15, 0.2) is 0 Å². The maximum Gasteiger partial charge on any atom is 0.234 e. The molecule has 2 amide bonds. The van der Waals surface area contributed by atoms with Gasteiger partial charge >= 0.3 is 0 Å². The Morgan fingerprint density at radius 2 is 1.87 bits per heavy atom. The van der Waals surface area contributed by atoms with Crippen molar-refractivity contribution in [3.05, 3.63) is 22.8 Å². The SMILES string of the molecule is O=C1CCCC(=O)N1c1ccc(Br)cn1. The number of hydrogen-bond donors (Lipinski definition) is 0. The fraction of sp³-hybridized carbons (Fsp3) is 0.300. The van der Waals surface area contributed by atoms with E-state index in [4.69, 9.17) is 0 Å². The molecule has 1 aliphatic heterocycles. The molecule has 0 N–H and O–H groups in total. The van der Waals surface area contributed by atoms with Crippen LogP contribution in [0.5, 0.6) is 0 Å². The van der Waals surface area contributed by atoms with E-state index < -0.39 is 0 Å². The van der Waals surface area contributed by atoms with E-state index in [9.17, 15) is 9.59 Å². The fourth-order valence-corrected chi connectivity index (χ4v) is 1.74. The van der Waals surface area contributed by atoms with Crippen molar-refractivity contribution in [2.24, 2.45) is 0 Å². The molecule has 1 aromatic rings. The molecule has 0 radical (unpaired) electrons. The highest BCUT2D eigenvalue weighted by atomic mass is 79.9. The molecule has 15 heavy (non-hydrogen) atoms. The summed E-state index contributed by atoms with van der Waals surface area (Å²) in [6, 6.07) is 3.42. The average molecular weight is 269 g/mol. The molecule has 0 aliphatic carbocycles. The summed E-state index contributed by atoms with van der Waals surface area (Å²) in [6.45, 7) is 0. The number of carbonyl (C=O) groups excluding carboxylic acids is 2. The molecule has 0 spiro atoms. The topological polar surface area (TPSA) is 50.3 Å². The molecule has 0 aromatic carbocycles. The van der Waals surface area contributed by atoms with Gasteiger partial charge in [0.25, 0.3) is 0 Å². The van der Waals surface area contributed by atoms with Gasteiger partial charge in [-0.25, -0.2) is 9.88 Å². The first-order valence-corrected chi connectivity index (χ1v) is 5.45. The second-order valence-corrected chi connectivity index (χ2v) is 4.23. The lowest BCUT2D eigenvalue weighted by Crippen LogP contribution is -2.40. The van der Waals surface area contributed by atoms with Gasteiger partial charge in [-0.05, 0) is 34.5 Å². The zero-order valence-corrected chi connectivity index (χ0v) is 9.53. The van der Waals surface area contributed by atoms with E-state index in [1.54, 1.807) is 18.3 Å². The highest BCUT2D eigenvalue weighted by Gasteiger charge is 2.27. The molecular formula is C10H9BrN2O2. The summed E-state index contributed by atoms with van der Waals surface area (Å²) in [5.41, 5.74) is 0. The second kappa shape index (κ2) is 4.10. The lowest BCUT2D eigenvalue weighted by molar-refractivity contribution is -0.129. The summed E-state index contributed by atoms with van der Waals surface area (Å²) in [5.74, 6) is 0.0787. The summed E-state index contributed by atoms with van der Waals surface area (Å²) in [7, 11) is 0. The molecule has 5 heteroatoms. The number of amides is 2. The molecule has 1 aliphatic rings. The standard InChI is InChI=1S/C10H9BrN2O2/c11-7-4-5-8(12-6-7)13-9(14)2-1-3-10(13)15/h4-6H,1-3H2. The van der Waals surface area contributed by atoms with Crippen molar-refractivity contribution in [1.82, 2.24) is 4.98 Å². The number of carbonyl (C=O) groups is 2. The van der Waals surface area contributed by atoms with Crippen LogP contribution in [0, 0.1) is 0 Å². The van der Waals surface area contributed by atoms with Crippen LogP contribution in [0.4, 0.5) is 5.82 Å². The Bertz CT molecular complexity index is 386. The third kappa shape index (κ3) is 2.07. The van der Waals surface area contributed by atoms with E-state index in [0.717, 1.165) is 9.37 Å². The quantitative estimate of drug-likeness (QED) is 0.731. The van der Waals surface area contributed by atoms with Gasteiger partial charge in [-0.2, -0.15) is 0 Å². The van der Waals surface area contributed by atoms with Crippen LogP contribution in [0.15, 0.2) is 22.8 Å². The molecular weight excluding hydrogens is 260 g/mol. The van der Waals surface area contributed by atoms with Gasteiger partial charge in [0.1, 0.15) is 5.82 Å². The first-order chi connectivity index (χ1) is 7.18. The number of aromatic nitrogens is 1. The van der Waals surface area contributed by atoms with Crippen molar-refractivity contribution < 1.29 is 9.59 Å². The van der Waals surface area contributed by atoms with E-state index in [1.807, 2.05) is 0 Å². The molecule has 2 rings (SSSR count). The highest BCUT2D eigenvalue weighted by Crippen LogP contribution is 2.20. The minimum atomic E-state index is -0.166. The van der Waals surface area contributed by atoms with Crippen LogP contribution in [-0.2, 0) is 9.59 Å². The lowest BCUT2D eigenvalue weighted by atomic mass is 10.1. The van der Waals surface area contributed by atoms with Gasteiger partial charge < -0.3 is 0 Å². The molecule has 1 aromatic heterocycles. The molecule has 0 saturated carbocycles. The summed E-state index contributed by atoms with van der Waals surface area (Å²) < 4.78 is 0.822. The lowest BCUT2D eigenvalue weighted by Gasteiger charge is -2.23. The smallest absolute Gasteiger partial charge is 0.234 e. The number of piperidine rings is 1. The minimum absolute atomic E-state index is 0.166. The van der Waals surface area contributed by atoms with Crippen molar-refractivity contribution in [1.29, 1.82) is 0 Å². The number of halogens is 1. The Hall–Kier alpha value is -1.23. The maximum absolute atomic E-state index is 11.5. The van der Waals surface area contributed by atoms with Gasteiger partial charge in [0.2, 0.25) is 11.8 Å². The minimum Gasteiger partial charge on any atom is -0.274 e. The molecule has 4 nitrogen and oxygen atoms in total. The molecule has 1 saturated heterocycles. The van der Waals surface area contributed by atoms with E-state index >= 15 is 0 Å². The van der Waals surface area contributed by atoms with E-state index in [0.29, 0.717) is 25.1 Å². The zero-order valence-electron chi connectivity index (χ0n) is 7.94. The van der Waals surface area contributed by atoms with Crippen LogP contribution >= 0.6 is 15.9 Å². The number of hydrogen-bond acceptors (Lipinski definition) is 3. The molecule has 0 atom stereocenters. The predicted octanol–water partition coefficient (Wildman–Crippen LogP) is 1.89. The Kier molecular flexibility index (Phi) is 2.81. The summed E-state index contributed by atoms with van der Waals surface area (Å²) in [5, 5.41) is 0. The van der Waals surface area contributed by atoms with Crippen molar-refractivity contribution in [3.8, 4) is 0 Å². The van der Waals surface area contributed by atoms with Crippen LogP contribution in [0.25, 0.3) is 0 Å². The number of nitrogens with zero attached hydrogens (tertiary/aromatic N) is 2. The third-order valence-electron chi connectivity index (χ3n) is 2.22. The number of rotatable bonds is 1. The summed E-state index contributed by atoms with van der Waals surface area (Å²) in [6.07, 6.45) is 3.06. The molecule has 0 bridgehead atoms. The average Bonchev–Trinajstić information content (AvgIpc) is 2.20. The van der Waals surface area contributed by atoms with E-state index in [-0.39, 0.29) is 11.8 Å². The van der Waals surface area contributed by atoms with Gasteiger partial charge in [-0.15, -0.1) is 0 Å². The van der Waals surface area contributed by atoms with Gasteiger partial charge in [0.05, 0.1) is 0 Å². The van der Waals surface area contributed by atoms with E-state index in [1.165, 1.54) is 0 Å². The number of anilines is 1. The van der Waals surface area contributed by atoms with Crippen LogP contribution in [0.3, 0.4) is 0 Å². The zero-order chi connectivity index (χ0) is 10.8. The van der Waals surface area contributed by atoms with Crippen LogP contribution in [-0.4, -0.2) is 16.8 Å². The molecule has 78 valence electrons. The van der Waals surface area contributed by atoms with Gasteiger partial charge in [0, 0.05) is 23.5 Å². The second-order valence-electron chi connectivity index (χ2n) is 3.31. The first-order valence-electron chi connectivity index (χ1n) is 4.66. The van der Waals surface area contributed by atoms with Crippen molar-refractivity contribution in [2.45, 2.75) is 19.3 Å². The van der Waals surface area contributed by atoms with Gasteiger partial charge in [-0.3, -0.25) is 9.59 Å². The largest absolute Gasteiger partial charge is 0.274 e. The first kappa shape index (κ1) is 10.3. The Labute approximate surface area is 95.4 Å². The monoisotopic (exact) mass is 268 g/mol. The normalized spacial score (nSPS) is 17.0.